The molecule has 3 aromatic rings. The van der Waals surface area contributed by atoms with Crippen molar-refractivity contribution in [2.45, 2.75) is 31.9 Å². The van der Waals surface area contributed by atoms with E-state index < -0.39 is 0 Å². The summed E-state index contributed by atoms with van der Waals surface area (Å²) in [6, 6.07) is 11.3. The molecule has 1 fully saturated rings. The molecule has 1 aromatic carbocycles. The molecular weight excluding hydrogens is 336 g/mol. The molecule has 8 nitrogen and oxygen atoms in total. The molecular formula is C18H18N4O4. The molecule has 1 aliphatic rings. The number of aromatic nitrogens is 3. The van der Waals surface area contributed by atoms with Crippen LogP contribution >= 0.6 is 0 Å². The number of hydrogen-bond donors (Lipinski definition) is 2. The van der Waals surface area contributed by atoms with Gasteiger partial charge >= 0.3 is 0 Å². The number of rotatable bonds is 6. The second-order valence-corrected chi connectivity index (χ2v) is 6.40. The number of aliphatic hydroxyl groups excluding tert-OH is 1. The van der Waals surface area contributed by atoms with Gasteiger partial charge in [-0.05, 0) is 18.8 Å². The average Bonchev–Trinajstić information content (AvgIpc) is 3.30. The van der Waals surface area contributed by atoms with Crippen LogP contribution < -0.4 is 5.32 Å². The molecule has 26 heavy (non-hydrogen) atoms. The number of amides is 1. The van der Waals surface area contributed by atoms with Gasteiger partial charge in [0.2, 0.25) is 17.5 Å². The van der Waals surface area contributed by atoms with Crippen LogP contribution in [0, 0.1) is 5.92 Å². The fourth-order valence-corrected chi connectivity index (χ4v) is 3.09. The summed E-state index contributed by atoms with van der Waals surface area (Å²) in [5.41, 5.74) is 1.54. The minimum absolute atomic E-state index is 0.0954. The van der Waals surface area contributed by atoms with Crippen LogP contribution in [0.5, 0.6) is 0 Å². The predicted molar refractivity (Wildman–Crippen MR) is 89.8 cm³/mol. The molecule has 0 atom stereocenters. The highest BCUT2D eigenvalue weighted by molar-refractivity contribution is 5.92. The van der Waals surface area contributed by atoms with Crippen LogP contribution in [0.2, 0.25) is 0 Å². The largest absolute Gasteiger partial charge is 0.423 e. The Hall–Kier alpha value is -3.00. The first-order valence-corrected chi connectivity index (χ1v) is 8.46. The molecule has 2 N–H and O–H groups in total. The number of aliphatic hydroxyl groups is 1. The lowest BCUT2D eigenvalue weighted by molar-refractivity contribution is 0.0849. The molecule has 2 heterocycles. The third kappa shape index (κ3) is 3.50. The van der Waals surface area contributed by atoms with Gasteiger partial charge in [-0.25, -0.2) is 0 Å². The van der Waals surface area contributed by atoms with Gasteiger partial charge in [0.05, 0.1) is 0 Å². The van der Waals surface area contributed by atoms with Gasteiger partial charge < -0.3 is 19.4 Å². The molecule has 0 saturated heterocycles. The quantitative estimate of drug-likeness (QED) is 0.695. The molecule has 1 amide bonds. The third-order valence-corrected chi connectivity index (χ3v) is 4.48. The maximum absolute atomic E-state index is 12.3. The van der Waals surface area contributed by atoms with Gasteiger partial charge in [-0.15, -0.1) is 10.2 Å². The molecule has 0 unspecified atom stereocenters. The van der Waals surface area contributed by atoms with Crippen molar-refractivity contribution in [2.24, 2.45) is 5.92 Å². The molecule has 0 spiro atoms. The van der Waals surface area contributed by atoms with Gasteiger partial charge in [0, 0.05) is 24.1 Å². The summed E-state index contributed by atoms with van der Waals surface area (Å²) in [5, 5.41) is 23.4. The van der Waals surface area contributed by atoms with E-state index in [1.807, 2.05) is 30.3 Å². The van der Waals surface area contributed by atoms with E-state index in [9.17, 15) is 4.79 Å². The van der Waals surface area contributed by atoms with Crippen LogP contribution in [-0.2, 0) is 13.0 Å². The molecule has 0 aliphatic heterocycles. The highest BCUT2D eigenvalue weighted by atomic mass is 16.5. The monoisotopic (exact) mass is 354 g/mol. The van der Waals surface area contributed by atoms with Crippen molar-refractivity contribution in [2.75, 3.05) is 0 Å². The topological polar surface area (TPSA) is 114 Å². The summed E-state index contributed by atoms with van der Waals surface area (Å²) in [6.07, 6.45) is 2.32. The Balaban J connectivity index is 1.28. The van der Waals surface area contributed by atoms with Crippen LogP contribution in [0.4, 0.5) is 0 Å². The van der Waals surface area contributed by atoms with E-state index in [-0.39, 0.29) is 30.2 Å². The Bertz CT molecular complexity index is 884. The minimum atomic E-state index is -0.261. The van der Waals surface area contributed by atoms with Crippen molar-refractivity contribution in [3.05, 3.63) is 53.9 Å². The second kappa shape index (κ2) is 7.09. The van der Waals surface area contributed by atoms with Crippen LogP contribution in [0.15, 0.2) is 45.3 Å². The smallest absolute Gasteiger partial charge is 0.290 e. The number of benzene rings is 1. The van der Waals surface area contributed by atoms with E-state index >= 15 is 0 Å². The minimum Gasteiger partial charge on any atom is -0.423 e. The molecule has 0 bridgehead atoms. The fraction of sp³-hybridized carbons (Fsp3) is 0.333. The third-order valence-electron chi connectivity index (χ3n) is 4.48. The Morgan fingerprint density at radius 1 is 1.19 bits per heavy atom. The highest BCUT2D eigenvalue weighted by Crippen LogP contribution is 2.30. The molecule has 8 heteroatoms. The van der Waals surface area contributed by atoms with Crippen molar-refractivity contribution in [1.29, 1.82) is 0 Å². The summed E-state index contributed by atoms with van der Waals surface area (Å²) in [7, 11) is 0. The first kappa shape index (κ1) is 16.5. The zero-order valence-corrected chi connectivity index (χ0v) is 14.0. The Kier molecular flexibility index (Phi) is 4.49. The lowest BCUT2D eigenvalue weighted by Gasteiger charge is -2.34. The lowest BCUT2D eigenvalue weighted by Crippen LogP contribution is -2.44. The van der Waals surface area contributed by atoms with E-state index in [1.165, 1.54) is 0 Å². The normalized spacial score (nSPS) is 19.1. The van der Waals surface area contributed by atoms with E-state index in [0.717, 1.165) is 18.4 Å². The summed E-state index contributed by atoms with van der Waals surface area (Å²) < 4.78 is 10.5. The van der Waals surface area contributed by atoms with E-state index in [0.29, 0.717) is 23.9 Å². The van der Waals surface area contributed by atoms with Crippen LogP contribution in [-0.4, -0.2) is 32.4 Å². The molecule has 2 aromatic heterocycles. The number of hydrogen-bond acceptors (Lipinski definition) is 7. The van der Waals surface area contributed by atoms with Crippen molar-refractivity contribution >= 4 is 5.91 Å². The van der Waals surface area contributed by atoms with Crippen molar-refractivity contribution in [3.63, 3.8) is 0 Å². The summed E-state index contributed by atoms with van der Waals surface area (Å²) in [5.74, 6) is 1.07. The zero-order chi connectivity index (χ0) is 17.9. The van der Waals surface area contributed by atoms with Crippen molar-refractivity contribution in [1.82, 2.24) is 20.7 Å². The van der Waals surface area contributed by atoms with E-state index in [4.69, 9.17) is 14.0 Å². The number of nitrogens with one attached hydrogen (secondary N) is 1. The van der Waals surface area contributed by atoms with Gasteiger partial charge in [-0.3, -0.25) is 4.79 Å². The number of nitrogens with zero attached hydrogens (tertiary/aromatic N) is 3. The first-order valence-electron chi connectivity index (χ1n) is 8.46. The van der Waals surface area contributed by atoms with Crippen LogP contribution in [0.3, 0.4) is 0 Å². The number of carbonyl (C=O) groups excluding carboxylic acids is 1. The van der Waals surface area contributed by atoms with Gasteiger partial charge in [-0.1, -0.05) is 35.5 Å². The molecule has 1 saturated carbocycles. The fourth-order valence-electron chi connectivity index (χ4n) is 3.09. The second-order valence-electron chi connectivity index (χ2n) is 6.40. The standard InChI is InChI=1S/C18H18N4O4/c23-10-17-21-20-16(25-17)8-11-6-13(7-11)19-18(24)15-9-14(22-26-15)12-4-2-1-3-5-12/h1-5,9,11,13,23H,6-8,10H2,(H,19,24)/t11-,13+. The Labute approximate surface area is 149 Å². The predicted octanol–water partition coefficient (Wildman–Crippen LogP) is 1.97. The SMILES string of the molecule is O=C(N[C@H]1C[C@@H](Cc2nnc(CO)o2)C1)c1cc(-c2ccccc2)no1. The maximum Gasteiger partial charge on any atom is 0.290 e. The Morgan fingerprint density at radius 2 is 1.96 bits per heavy atom. The molecule has 134 valence electrons. The van der Waals surface area contributed by atoms with Crippen LogP contribution in [0.25, 0.3) is 11.3 Å². The molecule has 0 radical (unpaired) electrons. The van der Waals surface area contributed by atoms with Gasteiger partial charge in [-0.2, -0.15) is 0 Å². The summed E-state index contributed by atoms with van der Waals surface area (Å²) in [6.45, 7) is -0.251. The van der Waals surface area contributed by atoms with Crippen molar-refractivity contribution in [3.8, 4) is 11.3 Å². The molecule has 1 aliphatic carbocycles. The van der Waals surface area contributed by atoms with Crippen molar-refractivity contribution < 1.29 is 18.8 Å². The van der Waals surface area contributed by atoms with Crippen LogP contribution in [0.1, 0.15) is 35.2 Å². The summed E-state index contributed by atoms with van der Waals surface area (Å²) in [4.78, 5) is 12.3. The maximum atomic E-state index is 12.3. The summed E-state index contributed by atoms with van der Waals surface area (Å²) >= 11 is 0. The zero-order valence-electron chi connectivity index (χ0n) is 14.0. The lowest BCUT2D eigenvalue weighted by atomic mass is 9.78. The van der Waals surface area contributed by atoms with E-state index in [2.05, 4.69) is 20.7 Å². The van der Waals surface area contributed by atoms with E-state index in [1.54, 1.807) is 6.07 Å². The Morgan fingerprint density at radius 3 is 2.69 bits per heavy atom. The van der Waals surface area contributed by atoms with Gasteiger partial charge in [0.25, 0.3) is 5.91 Å². The van der Waals surface area contributed by atoms with Gasteiger partial charge in [0.15, 0.2) is 0 Å². The highest BCUT2D eigenvalue weighted by Gasteiger charge is 2.32. The molecule has 4 rings (SSSR count). The average molecular weight is 354 g/mol. The van der Waals surface area contributed by atoms with Gasteiger partial charge in [0.1, 0.15) is 12.3 Å². The number of carbonyl (C=O) groups is 1. The first-order chi connectivity index (χ1) is 12.7.